The molecular weight excluding hydrogens is 362 g/mol. The van der Waals surface area contributed by atoms with E-state index in [0.29, 0.717) is 18.1 Å². The number of amides is 2. The van der Waals surface area contributed by atoms with Gasteiger partial charge in [-0.3, -0.25) is 9.59 Å². The van der Waals surface area contributed by atoms with E-state index in [1.54, 1.807) is 28.6 Å². The van der Waals surface area contributed by atoms with Gasteiger partial charge in [-0.15, -0.1) is 11.3 Å². The summed E-state index contributed by atoms with van der Waals surface area (Å²) in [5.74, 6) is -0.727. The second-order valence-electron chi connectivity index (χ2n) is 5.67. The second kappa shape index (κ2) is 6.93. The highest BCUT2D eigenvalue weighted by atomic mass is 32.2. The van der Waals surface area contributed by atoms with Crippen LogP contribution in [-0.4, -0.2) is 37.5 Å². The molecule has 1 N–H and O–H groups in total. The number of aromatic nitrogens is 1. The minimum Gasteiger partial charge on any atom is -0.312 e. The highest BCUT2D eigenvalue weighted by molar-refractivity contribution is 7.91. The average molecular weight is 379 g/mol. The van der Waals surface area contributed by atoms with Crippen molar-refractivity contribution in [2.24, 2.45) is 0 Å². The van der Waals surface area contributed by atoms with Gasteiger partial charge in [0.15, 0.2) is 15.0 Å². The highest BCUT2D eigenvalue weighted by Gasteiger charge is 2.25. The van der Waals surface area contributed by atoms with Gasteiger partial charge in [0.25, 0.3) is 0 Å². The van der Waals surface area contributed by atoms with Gasteiger partial charge >= 0.3 is 0 Å². The molecule has 1 aliphatic rings. The van der Waals surface area contributed by atoms with Crippen LogP contribution in [0, 0.1) is 0 Å². The van der Waals surface area contributed by atoms with Crippen LogP contribution in [0.25, 0.3) is 0 Å². The number of thiazole rings is 1. The summed E-state index contributed by atoms with van der Waals surface area (Å²) in [6.45, 7) is 2.05. The van der Waals surface area contributed by atoms with Crippen molar-refractivity contribution in [3.8, 4) is 0 Å². The standard InChI is InChI=1S/C16H17N3O4S2/c1-11(20)19-7-4-12-10-13(2-3-14(12)19)25(22,23)9-5-15(21)18-16-17-6-8-24-16/h2-3,6,8,10H,4-5,7,9H2,1H3,(H,17,18,21). The van der Waals surface area contributed by atoms with Crippen LogP contribution in [0.5, 0.6) is 0 Å². The van der Waals surface area contributed by atoms with Crippen LogP contribution in [0.4, 0.5) is 10.8 Å². The van der Waals surface area contributed by atoms with E-state index in [4.69, 9.17) is 0 Å². The molecule has 2 aromatic rings. The van der Waals surface area contributed by atoms with Crippen LogP contribution < -0.4 is 10.2 Å². The number of anilines is 2. The van der Waals surface area contributed by atoms with Gasteiger partial charge in [0.2, 0.25) is 11.8 Å². The summed E-state index contributed by atoms with van der Waals surface area (Å²) in [4.78, 5) is 29.1. The fourth-order valence-corrected chi connectivity index (χ4v) is 4.54. The molecule has 0 aliphatic carbocycles. The predicted molar refractivity (Wildman–Crippen MR) is 95.6 cm³/mol. The number of carbonyl (C=O) groups excluding carboxylic acids is 2. The zero-order valence-corrected chi connectivity index (χ0v) is 15.2. The van der Waals surface area contributed by atoms with Gasteiger partial charge in [0, 0.05) is 37.2 Å². The van der Waals surface area contributed by atoms with E-state index in [1.165, 1.54) is 24.3 Å². The minimum absolute atomic E-state index is 0.0618. The molecule has 1 aromatic carbocycles. The smallest absolute Gasteiger partial charge is 0.227 e. The van der Waals surface area contributed by atoms with Crippen LogP contribution in [0.15, 0.2) is 34.7 Å². The lowest BCUT2D eigenvalue weighted by Gasteiger charge is -2.14. The van der Waals surface area contributed by atoms with Crippen molar-refractivity contribution in [2.75, 3.05) is 22.5 Å². The zero-order valence-electron chi connectivity index (χ0n) is 13.6. The third-order valence-electron chi connectivity index (χ3n) is 3.96. The molecular formula is C16H17N3O4S2. The van der Waals surface area contributed by atoms with Crippen molar-refractivity contribution in [1.82, 2.24) is 4.98 Å². The largest absolute Gasteiger partial charge is 0.312 e. The number of rotatable bonds is 5. The first-order valence-electron chi connectivity index (χ1n) is 7.70. The molecule has 25 heavy (non-hydrogen) atoms. The topological polar surface area (TPSA) is 96.4 Å². The van der Waals surface area contributed by atoms with Gasteiger partial charge in [-0.25, -0.2) is 13.4 Å². The first-order valence-corrected chi connectivity index (χ1v) is 10.2. The number of nitrogens with zero attached hydrogens (tertiary/aromatic N) is 2. The summed E-state index contributed by atoms with van der Waals surface area (Å²) in [6.07, 6.45) is 2.05. The molecule has 0 spiro atoms. The predicted octanol–water partition coefficient (Wildman–Crippen LogP) is 1.85. The molecule has 0 unspecified atom stereocenters. The molecule has 132 valence electrons. The number of hydrogen-bond donors (Lipinski definition) is 1. The summed E-state index contributed by atoms with van der Waals surface area (Å²) in [6, 6.07) is 4.76. The number of hydrogen-bond acceptors (Lipinski definition) is 6. The van der Waals surface area contributed by atoms with Crippen molar-refractivity contribution in [3.63, 3.8) is 0 Å². The molecule has 0 saturated heterocycles. The molecule has 2 heterocycles. The molecule has 3 rings (SSSR count). The fraction of sp³-hybridized carbons (Fsp3) is 0.312. The average Bonchev–Trinajstić information content (AvgIpc) is 3.21. The summed E-state index contributed by atoms with van der Waals surface area (Å²) in [5.41, 5.74) is 1.59. The summed E-state index contributed by atoms with van der Waals surface area (Å²) < 4.78 is 25.0. The Morgan fingerprint density at radius 2 is 2.16 bits per heavy atom. The van der Waals surface area contributed by atoms with E-state index in [2.05, 4.69) is 10.3 Å². The number of nitrogens with one attached hydrogen (secondary N) is 1. The van der Waals surface area contributed by atoms with Crippen molar-refractivity contribution >= 4 is 43.8 Å². The van der Waals surface area contributed by atoms with Crippen LogP contribution in [0.2, 0.25) is 0 Å². The van der Waals surface area contributed by atoms with Crippen LogP contribution in [-0.2, 0) is 25.8 Å². The fourth-order valence-electron chi connectivity index (χ4n) is 2.71. The summed E-state index contributed by atoms with van der Waals surface area (Å²) >= 11 is 1.27. The van der Waals surface area contributed by atoms with Gasteiger partial charge in [-0.1, -0.05) is 0 Å². The van der Waals surface area contributed by atoms with E-state index in [0.717, 1.165) is 11.3 Å². The van der Waals surface area contributed by atoms with Crippen molar-refractivity contribution in [2.45, 2.75) is 24.7 Å². The number of benzene rings is 1. The molecule has 1 aliphatic heterocycles. The lowest BCUT2D eigenvalue weighted by atomic mass is 10.2. The van der Waals surface area contributed by atoms with E-state index in [9.17, 15) is 18.0 Å². The Hall–Kier alpha value is -2.26. The SMILES string of the molecule is CC(=O)N1CCc2cc(S(=O)(=O)CCC(=O)Nc3nccs3)ccc21. The normalized spacial score (nSPS) is 13.6. The minimum atomic E-state index is -3.57. The Morgan fingerprint density at radius 3 is 2.84 bits per heavy atom. The first kappa shape index (κ1) is 17.6. The van der Waals surface area contributed by atoms with E-state index in [-0.39, 0.29) is 28.9 Å². The van der Waals surface area contributed by atoms with Crippen LogP contribution in [0.1, 0.15) is 18.9 Å². The third kappa shape index (κ3) is 3.88. The molecule has 1 aromatic heterocycles. The van der Waals surface area contributed by atoms with Crippen LogP contribution in [0.3, 0.4) is 0 Å². The lowest BCUT2D eigenvalue weighted by molar-refractivity contribution is -0.117. The maximum atomic E-state index is 12.5. The number of sulfone groups is 1. The van der Waals surface area contributed by atoms with E-state index >= 15 is 0 Å². The molecule has 0 bridgehead atoms. The van der Waals surface area contributed by atoms with Gasteiger partial charge in [0.1, 0.15) is 0 Å². The molecule has 0 radical (unpaired) electrons. The van der Waals surface area contributed by atoms with Gasteiger partial charge in [-0.05, 0) is 30.2 Å². The Balaban J connectivity index is 1.68. The molecule has 9 heteroatoms. The van der Waals surface area contributed by atoms with Gasteiger partial charge in [0.05, 0.1) is 10.6 Å². The maximum Gasteiger partial charge on any atom is 0.227 e. The van der Waals surface area contributed by atoms with E-state index in [1.807, 2.05) is 0 Å². The van der Waals surface area contributed by atoms with Gasteiger partial charge in [-0.2, -0.15) is 0 Å². The monoisotopic (exact) mass is 379 g/mol. The second-order valence-corrected chi connectivity index (χ2v) is 8.67. The highest BCUT2D eigenvalue weighted by Crippen LogP contribution is 2.30. The van der Waals surface area contributed by atoms with E-state index < -0.39 is 9.84 Å². The van der Waals surface area contributed by atoms with Crippen LogP contribution >= 0.6 is 11.3 Å². The van der Waals surface area contributed by atoms with Gasteiger partial charge < -0.3 is 10.2 Å². The molecule has 2 amide bonds. The Labute approximate surface area is 149 Å². The Kier molecular flexibility index (Phi) is 4.87. The summed E-state index contributed by atoms with van der Waals surface area (Å²) in [5, 5.41) is 4.74. The third-order valence-corrected chi connectivity index (χ3v) is 6.36. The first-order chi connectivity index (χ1) is 11.9. The molecule has 0 atom stereocenters. The molecule has 7 nitrogen and oxygen atoms in total. The lowest BCUT2D eigenvalue weighted by Crippen LogP contribution is -2.25. The number of fused-ring (bicyclic) bond motifs is 1. The number of carbonyl (C=O) groups is 2. The summed E-state index contributed by atoms with van der Waals surface area (Å²) in [7, 11) is -3.57. The quantitative estimate of drug-likeness (QED) is 0.855. The molecule has 0 fully saturated rings. The Morgan fingerprint density at radius 1 is 1.36 bits per heavy atom. The zero-order chi connectivity index (χ0) is 18.0. The molecule has 0 saturated carbocycles. The van der Waals surface area contributed by atoms with Crippen molar-refractivity contribution in [1.29, 1.82) is 0 Å². The van der Waals surface area contributed by atoms with Crippen molar-refractivity contribution < 1.29 is 18.0 Å². The van der Waals surface area contributed by atoms with Crippen molar-refractivity contribution in [3.05, 3.63) is 35.3 Å². The Bertz CT molecular complexity index is 907. The maximum absolute atomic E-state index is 12.5.